The van der Waals surface area contributed by atoms with Gasteiger partial charge >= 0.3 is 6.18 Å². The molecule has 1 aromatic heterocycles. The van der Waals surface area contributed by atoms with Crippen molar-refractivity contribution in [3.05, 3.63) is 17.8 Å². The van der Waals surface area contributed by atoms with Crippen molar-refractivity contribution < 1.29 is 13.2 Å². The molecule has 0 spiro atoms. The van der Waals surface area contributed by atoms with E-state index in [1.807, 2.05) is 0 Å². The summed E-state index contributed by atoms with van der Waals surface area (Å²) in [6.07, 6.45) is -4.44. The van der Waals surface area contributed by atoms with E-state index in [2.05, 4.69) is 15.5 Å². The minimum Gasteiger partial charge on any atom is -0.357 e. The molecule has 0 aliphatic rings. The first-order valence-corrected chi connectivity index (χ1v) is 4.72. The van der Waals surface area contributed by atoms with Crippen molar-refractivity contribution in [2.45, 2.75) is 6.18 Å². The molecule has 0 aromatic carbocycles. The van der Waals surface area contributed by atoms with Crippen LogP contribution in [0.4, 0.5) is 19.0 Å². The molecule has 0 saturated heterocycles. The predicted molar refractivity (Wildman–Crippen MR) is 54.2 cm³/mol. The zero-order valence-corrected chi connectivity index (χ0v) is 9.04. The van der Waals surface area contributed by atoms with Crippen molar-refractivity contribution in [2.24, 2.45) is 0 Å². The van der Waals surface area contributed by atoms with Gasteiger partial charge in [0.05, 0.1) is 0 Å². The average Bonchev–Trinajstić information content (AvgIpc) is 2.25. The third-order valence-electron chi connectivity index (χ3n) is 2.03. The summed E-state index contributed by atoms with van der Waals surface area (Å²) in [5.74, 6) is 0.420. The van der Waals surface area contributed by atoms with Crippen LogP contribution in [0, 0.1) is 0 Å². The van der Waals surface area contributed by atoms with E-state index in [0.717, 1.165) is 12.6 Å². The molecular formula is C9H13F3N4. The number of nitrogens with zero attached hydrogens (tertiary/aromatic N) is 3. The summed E-state index contributed by atoms with van der Waals surface area (Å²) in [4.78, 5) is 1.73. The van der Waals surface area contributed by atoms with Gasteiger partial charge in [0.15, 0.2) is 11.5 Å². The van der Waals surface area contributed by atoms with Crippen molar-refractivity contribution >= 4 is 5.82 Å². The highest BCUT2D eigenvalue weighted by molar-refractivity contribution is 5.36. The van der Waals surface area contributed by atoms with E-state index < -0.39 is 11.9 Å². The van der Waals surface area contributed by atoms with Gasteiger partial charge in [0.25, 0.3) is 0 Å². The van der Waals surface area contributed by atoms with Crippen LogP contribution < -0.4 is 10.2 Å². The van der Waals surface area contributed by atoms with Gasteiger partial charge in [0.1, 0.15) is 0 Å². The fourth-order valence-corrected chi connectivity index (χ4v) is 1.07. The maximum atomic E-state index is 12.2. The van der Waals surface area contributed by atoms with Gasteiger partial charge in [-0.1, -0.05) is 0 Å². The molecule has 0 aliphatic carbocycles. The highest BCUT2D eigenvalue weighted by Gasteiger charge is 2.32. The van der Waals surface area contributed by atoms with Gasteiger partial charge in [-0.05, 0) is 19.2 Å². The molecular weight excluding hydrogens is 221 g/mol. The highest BCUT2D eigenvalue weighted by atomic mass is 19.4. The summed E-state index contributed by atoms with van der Waals surface area (Å²) in [6, 6.07) is 2.24. The molecule has 0 fully saturated rings. The number of likely N-dealkylation sites (N-methyl/N-ethyl adjacent to an activating group) is 2. The SMILES string of the molecule is CNCCN(C)c1ccc(C(F)(F)F)nn1. The van der Waals surface area contributed by atoms with E-state index in [0.29, 0.717) is 12.4 Å². The first kappa shape index (κ1) is 12.7. The van der Waals surface area contributed by atoms with Gasteiger partial charge in [0, 0.05) is 20.1 Å². The van der Waals surface area contributed by atoms with Crippen LogP contribution in [-0.4, -0.2) is 37.4 Å². The van der Waals surface area contributed by atoms with Gasteiger partial charge in [0.2, 0.25) is 0 Å². The molecule has 1 heterocycles. The van der Waals surface area contributed by atoms with Crippen LogP contribution in [0.3, 0.4) is 0 Å². The monoisotopic (exact) mass is 234 g/mol. The lowest BCUT2D eigenvalue weighted by Gasteiger charge is -2.17. The van der Waals surface area contributed by atoms with E-state index in [9.17, 15) is 13.2 Å². The van der Waals surface area contributed by atoms with E-state index >= 15 is 0 Å². The van der Waals surface area contributed by atoms with Crippen molar-refractivity contribution in [3.63, 3.8) is 0 Å². The molecule has 16 heavy (non-hydrogen) atoms. The topological polar surface area (TPSA) is 41.0 Å². The lowest BCUT2D eigenvalue weighted by molar-refractivity contribution is -0.141. The maximum absolute atomic E-state index is 12.2. The van der Waals surface area contributed by atoms with Crippen LogP contribution >= 0.6 is 0 Å². The summed E-state index contributed by atoms with van der Waals surface area (Å²) >= 11 is 0. The van der Waals surface area contributed by atoms with Gasteiger partial charge in [-0.2, -0.15) is 13.2 Å². The number of anilines is 1. The van der Waals surface area contributed by atoms with E-state index in [1.165, 1.54) is 6.07 Å². The highest BCUT2D eigenvalue weighted by Crippen LogP contribution is 2.27. The Balaban J connectivity index is 2.71. The minimum absolute atomic E-state index is 0.420. The Morgan fingerprint density at radius 2 is 2.00 bits per heavy atom. The summed E-state index contributed by atoms with van der Waals surface area (Å²) in [7, 11) is 3.54. The average molecular weight is 234 g/mol. The Hall–Kier alpha value is -1.37. The molecule has 1 rings (SSSR count). The molecule has 90 valence electrons. The van der Waals surface area contributed by atoms with Crippen LogP contribution in [0.2, 0.25) is 0 Å². The molecule has 0 saturated carbocycles. The molecule has 1 aromatic rings. The van der Waals surface area contributed by atoms with Crippen LogP contribution in [0.1, 0.15) is 5.69 Å². The molecule has 0 amide bonds. The van der Waals surface area contributed by atoms with Crippen LogP contribution in [0.15, 0.2) is 12.1 Å². The lowest BCUT2D eigenvalue weighted by Crippen LogP contribution is -2.28. The first-order chi connectivity index (χ1) is 7.45. The normalized spacial score (nSPS) is 11.6. The first-order valence-electron chi connectivity index (χ1n) is 4.72. The third kappa shape index (κ3) is 3.34. The second-order valence-corrected chi connectivity index (χ2v) is 3.30. The largest absolute Gasteiger partial charge is 0.435 e. The van der Waals surface area contributed by atoms with Gasteiger partial charge in [-0.15, -0.1) is 10.2 Å². The van der Waals surface area contributed by atoms with Crippen LogP contribution in [0.5, 0.6) is 0 Å². The molecule has 0 radical (unpaired) electrons. The standard InChI is InChI=1S/C9H13F3N4/c1-13-5-6-16(2)8-4-3-7(14-15-8)9(10,11)12/h3-4,13H,5-6H2,1-2H3. The Morgan fingerprint density at radius 3 is 2.44 bits per heavy atom. The lowest BCUT2D eigenvalue weighted by atomic mass is 10.3. The molecule has 0 bridgehead atoms. The number of hydrogen-bond acceptors (Lipinski definition) is 4. The van der Waals surface area contributed by atoms with Crippen molar-refractivity contribution in [3.8, 4) is 0 Å². The zero-order chi connectivity index (χ0) is 12.2. The summed E-state index contributed by atoms with van der Waals surface area (Å²) in [5.41, 5.74) is -0.974. The fourth-order valence-electron chi connectivity index (χ4n) is 1.07. The third-order valence-corrected chi connectivity index (χ3v) is 2.03. The molecule has 0 atom stereocenters. The quantitative estimate of drug-likeness (QED) is 0.848. The Bertz CT molecular complexity index is 323. The van der Waals surface area contributed by atoms with Gasteiger partial charge in [-0.25, -0.2) is 0 Å². The smallest absolute Gasteiger partial charge is 0.357 e. The minimum atomic E-state index is -4.44. The van der Waals surface area contributed by atoms with Crippen LogP contribution in [-0.2, 0) is 6.18 Å². The van der Waals surface area contributed by atoms with Gasteiger partial charge < -0.3 is 10.2 Å². The number of nitrogens with one attached hydrogen (secondary N) is 1. The number of halogens is 3. The molecule has 1 N–H and O–H groups in total. The van der Waals surface area contributed by atoms with E-state index in [-0.39, 0.29) is 0 Å². The fraction of sp³-hybridized carbons (Fsp3) is 0.556. The molecule has 0 aliphatic heterocycles. The van der Waals surface area contributed by atoms with E-state index in [1.54, 1.807) is 19.0 Å². The molecule has 0 unspecified atom stereocenters. The zero-order valence-electron chi connectivity index (χ0n) is 9.04. The number of aromatic nitrogens is 2. The number of alkyl halides is 3. The Morgan fingerprint density at radius 1 is 1.31 bits per heavy atom. The van der Waals surface area contributed by atoms with Crippen molar-refractivity contribution in [2.75, 3.05) is 32.1 Å². The summed E-state index contributed by atoms with van der Waals surface area (Å²) in [6.45, 7) is 1.37. The Labute approximate surface area is 91.5 Å². The predicted octanol–water partition coefficient (Wildman–Crippen LogP) is 1.15. The van der Waals surface area contributed by atoms with E-state index in [4.69, 9.17) is 0 Å². The summed E-state index contributed by atoms with van der Waals surface area (Å²) in [5, 5.41) is 9.60. The van der Waals surface area contributed by atoms with Crippen molar-refractivity contribution in [1.82, 2.24) is 15.5 Å². The number of rotatable bonds is 4. The molecule has 7 heteroatoms. The van der Waals surface area contributed by atoms with Crippen LogP contribution in [0.25, 0.3) is 0 Å². The maximum Gasteiger partial charge on any atom is 0.435 e. The summed E-state index contributed by atoms with van der Waals surface area (Å²) < 4.78 is 36.6. The second-order valence-electron chi connectivity index (χ2n) is 3.30. The molecule has 4 nitrogen and oxygen atoms in total. The number of hydrogen-bond donors (Lipinski definition) is 1. The second kappa shape index (κ2) is 5.11. The van der Waals surface area contributed by atoms with Gasteiger partial charge in [-0.3, -0.25) is 0 Å². The van der Waals surface area contributed by atoms with Crippen molar-refractivity contribution in [1.29, 1.82) is 0 Å². The Kier molecular flexibility index (Phi) is 4.05.